The summed E-state index contributed by atoms with van der Waals surface area (Å²) in [6.45, 7) is 0. The number of nitrogens with zero attached hydrogens (tertiary/aromatic N) is 1. The van der Waals surface area contributed by atoms with E-state index in [-0.39, 0.29) is 27.2 Å². The molecule has 21 heavy (non-hydrogen) atoms. The van der Waals surface area contributed by atoms with Crippen LogP contribution >= 0.6 is 23.2 Å². The first-order valence-corrected chi connectivity index (χ1v) is 6.50. The SMILES string of the molecule is COc1c(Cl)ccc(Cl)c1C(=O)O/N=C(\N)c1ccc[nH]1. The van der Waals surface area contributed by atoms with Gasteiger partial charge in [0, 0.05) is 6.20 Å². The van der Waals surface area contributed by atoms with E-state index in [9.17, 15) is 4.79 Å². The van der Waals surface area contributed by atoms with Gasteiger partial charge in [-0.1, -0.05) is 28.4 Å². The fraction of sp³-hybridized carbons (Fsp3) is 0.0769. The second-order valence-electron chi connectivity index (χ2n) is 3.88. The molecule has 0 fully saturated rings. The molecule has 0 spiro atoms. The number of methoxy groups -OCH3 is 1. The van der Waals surface area contributed by atoms with Crippen molar-refractivity contribution in [3.63, 3.8) is 0 Å². The summed E-state index contributed by atoms with van der Waals surface area (Å²) < 4.78 is 5.05. The van der Waals surface area contributed by atoms with E-state index < -0.39 is 5.97 Å². The van der Waals surface area contributed by atoms with Gasteiger partial charge in [-0.25, -0.2) is 4.79 Å². The summed E-state index contributed by atoms with van der Waals surface area (Å²) in [7, 11) is 1.37. The molecule has 0 aliphatic carbocycles. The first-order chi connectivity index (χ1) is 10.0. The number of hydrogen-bond donors (Lipinski definition) is 2. The number of halogens is 2. The van der Waals surface area contributed by atoms with Crippen LogP contribution < -0.4 is 10.5 Å². The number of carbonyl (C=O) groups excluding carboxylic acids is 1. The highest BCUT2D eigenvalue weighted by atomic mass is 35.5. The van der Waals surface area contributed by atoms with Gasteiger partial charge in [-0.05, 0) is 24.3 Å². The van der Waals surface area contributed by atoms with Crippen molar-refractivity contribution >= 4 is 35.0 Å². The van der Waals surface area contributed by atoms with Gasteiger partial charge in [-0.3, -0.25) is 0 Å². The van der Waals surface area contributed by atoms with E-state index in [1.807, 2.05) is 0 Å². The molecule has 2 aromatic rings. The van der Waals surface area contributed by atoms with Crippen molar-refractivity contribution in [3.8, 4) is 5.75 Å². The minimum Gasteiger partial charge on any atom is -0.494 e. The summed E-state index contributed by atoms with van der Waals surface area (Å²) in [5, 5.41) is 3.91. The molecular formula is C13H11Cl2N3O3. The van der Waals surface area contributed by atoms with Crippen molar-refractivity contribution in [2.45, 2.75) is 0 Å². The lowest BCUT2D eigenvalue weighted by Crippen LogP contribution is -2.16. The Morgan fingerprint density at radius 2 is 2.00 bits per heavy atom. The largest absolute Gasteiger partial charge is 0.494 e. The Balaban J connectivity index is 2.25. The number of carbonyl (C=O) groups is 1. The molecule has 0 aliphatic heterocycles. The van der Waals surface area contributed by atoms with E-state index in [0.29, 0.717) is 5.69 Å². The Hall–Kier alpha value is -2.18. The first-order valence-electron chi connectivity index (χ1n) is 5.75. The highest BCUT2D eigenvalue weighted by molar-refractivity contribution is 6.37. The summed E-state index contributed by atoms with van der Waals surface area (Å²) in [6, 6.07) is 6.38. The average molecular weight is 328 g/mol. The number of nitrogens with one attached hydrogen (secondary N) is 1. The molecule has 0 saturated heterocycles. The average Bonchev–Trinajstić information content (AvgIpc) is 3.00. The van der Waals surface area contributed by atoms with Gasteiger partial charge in [-0.2, -0.15) is 0 Å². The van der Waals surface area contributed by atoms with Gasteiger partial charge in [0.15, 0.2) is 11.6 Å². The topological polar surface area (TPSA) is 89.7 Å². The number of aromatic amines is 1. The number of oxime groups is 1. The van der Waals surface area contributed by atoms with Crippen LogP contribution in [0.4, 0.5) is 0 Å². The Bertz CT molecular complexity index is 684. The van der Waals surface area contributed by atoms with Crippen molar-refractivity contribution in [2.75, 3.05) is 7.11 Å². The zero-order valence-corrected chi connectivity index (χ0v) is 12.4. The van der Waals surface area contributed by atoms with E-state index in [4.69, 9.17) is 38.5 Å². The zero-order valence-electron chi connectivity index (χ0n) is 10.9. The molecule has 0 saturated carbocycles. The van der Waals surface area contributed by atoms with Crippen molar-refractivity contribution in [2.24, 2.45) is 10.9 Å². The van der Waals surface area contributed by atoms with Crippen LogP contribution in [0.15, 0.2) is 35.6 Å². The van der Waals surface area contributed by atoms with Crippen LogP contribution in [0, 0.1) is 0 Å². The van der Waals surface area contributed by atoms with Crippen molar-refractivity contribution in [1.29, 1.82) is 0 Å². The molecule has 0 bridgehead atoms. The molecule has 0 unspecified atom stereocenters. The Morgan fingerprint density at radius 3 is 2.62 bits per heavy atom. The van der Waals surface area contributed by atoms with Crippen molar-refractivity contribution < 1.29 is 14.4 Å². The lowest BCUT2D eigenvalue weighted by molar-refractivity contribution is 0.0512. The first kappa shape index (κ1) is 15.2. The van der Waals surface area contributed by atoms with E-state index in [0.717, 1.165) is 0 Å². The number of benzene rings is 1. The van der Waals surface area contributed by atoms with Gasteiger partial charge in [0.25, 0.3) is 0 Å². The molecule has 0 atom stereocenters. The van der Waals surface area contributed by atoms with Gasteiger partial charge in [0.2, 0.25) is 0 Å². The number of ether oxygens (including phenoxy) is 1. The third-order valence-corrected chi connectivity index (χ3v) is 3.18. The van der Waals surface area contributed by atoms with E-state index in [1.54, 1.807) is 18.3 Å². The Labute approximate surface area is 130 Å². The molecule has 1 heterocycles. The van der Waals surface area contributed by atoms with Crippen LogP contribution in [0.25, 0.3) is 0 Å². The van der Waals surface area contributed by atoms with Gasteiger partial charge in [0.05, 0.1) is 22.8 Å². The number of nitrogens with two attached hydrogens (primary N) is 1. The quantitative estimate of drug-likeness (QED) is 0.391. The molecule has 0 aliphatic rings. The molecule has 3 N–H and O–H groups in total. The number of hydrogen-bond acceptors (Lipinski definition) is 4. The van der Waals surface area contributed by atoms with E-state index >= 15 is 0 Å². The summed E-state index contributed by atoms with van der Waals surface area (Å²) in [6.07, 6.45) is 1.66. The molecule has 0 radical (unpaired) electrons. The predicted octanol–water partition coefficient (Wildman–Crippen LogP) is 2.81. The van der Waals surface area contributed by atoms with Gasteiger partial charge in [-0.15, -0.1) is 0 Å². The monoisotopic (exact) mass is 327 g/mol. The second kappa shape index (κ2) is 6.51. The number of aromatic nitrogens is 1. The Morgan fingerprint density at radius 1 is 1.29 bits per heavy atom. The summed E-state index contributed by atoms with van der Waals surface area (Å²) in [5.41, 5.74) is 6.16. The minimum atomic E-state index is -0.825. The minimum absolute atomic E-state index is 0.0188. The highest BCUT2D eigenvalue weighted by Crippen LogP contribution is 2.34. The number of rotatable bonds is 4. The second-order valence-corrected chi connectivity index (χ2v) is 4.69. The van der Waals surface area contributed by atoms with Crippen LogP contribution in [0.3, 0.4) is 0 Å². The van der Waals surface area contributed by atoms with Crippen LogP contribution in [-0.2, 0) is 4.84 Å². The van der Waals surface area contributed by atoms with Gasteiger partial charge in [0.1, 0.15) is 5.56 Å². The lowest BCUT2D eigenvalue weighted by Gasteiger charge is -2.09. The molecule has 1 aromatic carbocycles. The smallest absolute Gasteiger partial charge is 0.371 e. The van der Waals surface area contributed by atoms with E-state index in [1.165, 1.54) is 19.2 Å². The van der Waals surface area contributed by atoms with Crippen LogP contribution in [0.1, 0.15) is 16.1 Å². The standard InChI is InChI=1S/C13H11Cl2N3O3/c1-20-11-8(15)5-4-7(14)10(11)13(19)21-18-12(16)9-3-2-6-17-9/h2-6,17H,1H3,(H2,16,18). The van der Waals surface area contributed by atoms with Crippen molar-refractivity contribution in [3.05, 3.63) is 51.8 Å². The van der Waals surface area contributed by atoms with Crippen LogP contribution in [0.5, 0.6) is 5.75 Å². The van der Waals surface area contributed by atoms with Crippen molar-refractivity contribution in [1.82, 2.24) is 4.98 Å². The molecular weight excluding hydrogens is 317 g/mol. The zero-order chi connectivity index (χ0) is 15.4. The summed E-state index contributed by atoms with van der Waals surface area (Å²) in [4.78, 5) is 19.7. The predicted molar refractivity (Wildman–Crippen MR) is 79.9 cm³/mol. The molecule has 8 heteroatoms. The summed E-state index contributed by atoms with van der Waals surface area (Å²) in [5.74, 6) is -0.692. The van der Waals surface area contributed by atoms with Gasteiger partial charge < -0.3 is 20.3 Å². The lowest BCUT2D eigenvalue weighted by atomic mass is 10.2. The molecule has 2 rings (SSSR count). The maximum atomic E-state index is 12.1. The third kappa shape index (κ3) is 3.29. The maximum absolute atomic E-state index is 12.1. The maximum Gasteiger partial charge on any atom is 0.371 e. The molecule has 1 aromatic heterocycles. The van der Waals surface area contributed by atoms with Crippen LogP contribution in [0.2, 0.25) is 10.0 Å². The fourth-order valence-corrected chi connectivity index (χ4v) is 2.06. The van der Waals surface area contributed by atoms with Crippen LogP contribution in [-0.4, -0.2) is 23.9 Å². The van der Waals surface area contributed by atoms with E-state index in [2.05, 4.69) is 10.1 Å². The third-order valence-electron chi connectivity index (χ3n) is 2.57. The molecule has 110 valence electrons. The number of amidine groups is 1. The normalized spacial score (nSPS) is 11.3. The molecule has 6 nitrogen and oxygen atoms in total. The Kier molecular flexibility index (Phi) is 4.72. The summed E-state index contributed by atoms with van der Waals surface area (Å²) >= 11 is 11.9. The van der Waals surface area contributed by atoms with Gasteiger partial charge >= 0.3 is 5.97 Å². The fourth-order valence-electron chi connectivity index (χ4n) is 1.60. The highest BCUT2D eigenvalue weighted by Gasteiger charge is 2.21. The molecule has 0 amide bonds. The number of H-pyrrole nitrogens is 1.